The highest BCUT2D eigenvalue weighted by molar-refractivity contribution is 5.84. The molecule has 2 rings (SSSR count). The number of hydrogen-bond acceptors (Lipinski definition) is 3. The fourth-order valence-electron chi connectivity index (χ4n) is 1.34. The van der Waals surface area contributed by atoms with E-state index in [1.54, 1.807) is 0 Å². The van der Waals surface area contributed by atoms with Crippen LogP contribution >= 0.6 is 0 Å². The first-order valence-electron chi connectivity index (χ1n) is 3.15. The predicted octanol–water partition coefficient (Wildman–Crippen LogP) is -0.682. The van der Waals surface area contributed by atoms with Gasteiger partial charge < -0.3 is 4.74 Å². The zero-order valence-corrected chi connectivity index (χ0v) is 5.14. The van der Waals surface area contributed by atoms with E-state index in [1.807, 2.05) is 0 Å². The molecule has 2 aliphatic rings. The van der Waals surface area contributed by atoms with Gasteiger partial charge in [0.1, 0.15) is 5.78 Å². The Hall–Kier alpha value is -0.410. The molecule has 0 aromatic rings. The molecule has 3 nitrogen and oxygen atoms in total. The minimum absolute atomic E-state index is 0.0666. The van der Waals surface area contributed by atoms with Crippen LogP contribution in [0.5, 0.6) is 0 Å². The molecule has 2 fully saturated rings. The Labute approximate surface area is 53.4 Å². The fraction of sp³-hybridized carbons (Fsp3) is 0.833. The number of hydrogen-bond donors (Lipinski definition) is 1. The summed E-state index contributed by atoms with van der Waals surface area (Å²) in [6.07, 6.45) is 0.674. The molecule has 0 aromatic heterocycles. The van der Waals surface area contributed by atoms with Crippen molar-refractivity contribution in [2.75, 3.05) is 19.8 Å². The van der Waals surface area contributed by atoms with E-state index in [0.717, 1.165) is 13.2 Å². The van der Waals surface area contributed by atoms with Gasteiger partial charge in [-0.1, -0.05) is 0 Å². The molecule has 0 radical (unpaired) electrons. The molecule has 3 heteroatoms. The molecule has 2 aliphatic heterocycles. The SMILES string of the molecule is O=C1CNC2(COC2)C1. The summed E-state index contributed by atoms with van der Waals surface area (Å²) in [5.41, 5.74) is 0.0666. The van der Waals surface area contributed by atoms with Gasteiger partial charge in [-0.05, 0) is 0 Å². The number of Topliss-reactive ketones (excluding diaryl/α,β-unsaturated/α-hetero) is 1. The molecule has 0 aliphatic carbocycles. The highest BCUT2D eigenvalue weighted by atomic mass is 16.5. The number of ketones is 1. The summed E-state index contributed by atoms with van der Waals surface area (Å²) in [7, 11) is 0. The summed E-state index contributed by atoms with van der Waals surface area (Å²) >= 11 is 0. The third-order valence-electron chi connectivity index (χ3n) is 1.95. The summed E-state index contributed by atoms with van der Waals surface area (Å²) in [4.78, 5) is 10.7. The Bertz CT molecular complexity index is 151. The Morgan fingerprint density at radius 1 is 1.56 bits per heavy atom. The van der Waals surface area contributed by atoms with E-state index >= 15 is 0 Å². The summed E-state index contributed by atoms with van der Waals surface area (Å²) in [5, 5.41) is 3.14. The number of nitrogens with one attached hydrogen (secondary N) is 1. The molecular formula is C6H9NO2. The van der Waals surface area contributed by atoms with Crippen molar-refractivity contribution in [2.45, 2.75) is 12.0 Å². The molecule has 2 saturated heterocycles. The van der Waals surface area contributed by atoms with Gasteiger partial charge >= 0.3 is 0 Å². The first-order valence-corrected chi connectivity index (χ1v) is 3.15. The van der Waals surface area contributed by atoms with E-state index < -0.39 is 0 Å². The van der Waals surface area contributed by atoms with Gasteiger partial charge in [0.15, 0.2) is 0 Å². The van der Waals surface area contributed by atoms with Crippen molar-refractivity contribution in [3.05, 3.63) is 0 Å². The average molecular weight is 127 g/mol. The molecule has 0 amide bonds. The second kappa shape index (κ2) is 1.55. The molecule has 0 saturated carbocycles. The Morgan fingerprint density at radius 2 is 2.33 bits per heavy atom. The second-order valence-corrected chi connectivity index (χ2v) is 2.84. The first-order chi connectivity index (χ1) is 4.31. The quantitative estimate of drug-likeness (QED) is 0.468. The molecule has 1 spiro atoms. The number of carbonyl (C=O) groups is 1. The lowest BCUT2D eigenvalue weighted by atomic mass is 9.96. The van der Waals surface area contributed by atoms with Crippen LogP contribution < -0.4 is 5.32 Å². The van der Waals surface area contributed by atoms with E-state index in [1.165, 1.54) is 0 Å². The number of rotatable bonds is 0. The minimum atomic E-state index is 0.0666. The van der Waals surface area contributed by atoms with Gasteiger partial charge in [0, 0.05) is 6.42 Å². The smallest absolute Gasteiger partial charge is 0.148 e. The monoisotopic (exact) mass is 127 g/mol. The highest BCUT2D eigenvalue weighted by Crippen LogP contribution is 2.24. The fourth-order valence-corrected chi connectivity index (χ4v) is 1.34. The van der Waals surface area contributed by atoms with Gasteiger partial charge in [-0.15, -0.1) is 0 Å². The van der Waals surface area contributed by atoms with E-state index in [4.69, 9.17) is 4.74 Å². The topological polar surface area (TPSA) is 38.3 Å². The highest BCUT2D eigenvalue weighted by Gasteiger charge is 2.44. The van der Waals surface area contributed by atoms with Gasteiger partial charge in [-0.2, -0.15) is 0 Å². The molecular weight excluding hydrogens is 118 g/mol. The largest absolute Gasteiger partial charge is 0.377 e. The van der Waals surface area contributed by atoms with Crippen LogP contribution in [0.25, 0.3) is 0 Å². The number of carbonyl (C=O) groups excluding carboxylic acids is 1. The van der Waals surface area contributed by atoms with Crippen molar-refractivity contribution >= 4 is 5.78 Å². The Balaban J connectivity index is 2.07. The van der Waals surface area contributed by atoms with Crippen molar-refractivity contribution in [1.82, 2.24) is 5.32 Å². The predicted molar refractivity (Wildman–Crippen MR) is 31.2 cm³/mol. The van der Waals surface area contributed by atoms with Gasteiger partial charge in [-0.25, -0.2) is 0 Å². The van der Waals surface area contributed by atoms with Gasteiger partial charge in [0.25, 0.3) is 0 Å². The minimum Gasteiger partial charge on any atom is -0.377 e. The zero-order chi connectivity index (χ0) is 6.32. The van der Waals surface area contributed by atoms with Gasteiger partial charge in [0.2, 0.25) is 0 Å². The molecule has 9 heavy (non-hydrogen) atoms. The second-order valence-electron chi connectivity index (χ2n) is 2.84. The van der Waals surface area contributed by atoms with Crippen LogP contribution in [-0.4, -0.2) is 31.1 Å². The lowest BCUT2D eigenvalue weighted by molar-refractivity contribution is -0.119. The van der Waals surface area contributed by atoms with Crippen molar-refractivity contribution in [3.8, 4) is 0 Å². The van der Waals surface area contributed by atoms with E-state index in [0.29, 0.717) is 18.7 Å². The zero-order valence-electron chi connectivity index (χ0n) is 5.14. The van der Waals surface area contributed by atoms with Crippen molar-refractivity contribution < 1.29 is 9.53 Å². The Morgan fingerprint density at radius 3 is 2.56 bits per heavy atom. The first kappa shape index (κ1) is 5.38. The van der Waals surface area contributed by atoms with Crippen LogP contribution in [0.1, 0.15) is 6.42 Å². The molecule has 0 bridgehead atoms. The third kappa shape index (κ3) is 0.686. The van der Waals surface area contributed by atoms with Crippen molar-refractivity contribution in [2.24, 2.45) is 0 Å². The van der Waals surface area contributed by atoms with E-state index in [2.05, 4.69) is 5.32 Å². The molecule has 0 atom stereocenters. The van der Waals surface area contributed by atoms with Crippen LogP contribution in [0.15, 0.2) is 0 Å². The normalized spacial score (nSPS) is 30.9. The lowest BCUT2D eigenvalue weighted by Gasteiger charge is -2.37. The third-order valence-corrected chi connectivity index (χ3v) is 1.95. The summed E-state index contributed by atoms with van der Waals surface area (Å²) in [5.74, 6) is 0.318. The summed E-state index contributed by atoms with van der Waals surface area (Å²) < 4.78 is 4.99. The van der Waals surface area contributed by atoms with Crippen LogP contribution in [0.2, 0.25) is 0 Å². The molecule has 0 unspecified atom stereocenters. The maximum Gasteiger partial charge on any atom is 0.148 e. The van der Waals surface area contributed by atoms with Crippen molar-refractivity contribution in [3.63, 3.8) is 0 Å². The molecule has 50 valence electrons. The average Bonchev–Trinajstić information content (AvgIpc) is 2.09. The lowest BCUT2D eigenvalue weighted by Crippen LogP contribution is -2.56. The van der Waals surface area contributed by atoms with E-state index in [-0.39, 0.29) is 5.54 Å². The van der Waals surface area contributed by atoms with Crippen LogP contribution in [-0.2, 0) is 9.53 Å². The molecule has 0 aromatic carbocycles. The van der Waals surface area contributed by atoms with E-state index in [9.17, 15) is 4.79 Å². The standard InChI is InChI=1S/C6H9NO2/c8-5-1-6(7-2-5)3-9-4-6/h7H,1-4H2. The van der Waals surface area contributed by atoms with Gasteiger partial charge in [-0.3, -0.25) is 10.1 Å². The molecule has 2 heterocycles. The summed E-state index contributed by atoms with van der Waals surface area (Å²) in [6, 6.07) is 0. The van der Waals surface area contributed by atoms with Crippen molar-refractivity contribution in [1.29, 1.82) is 0 Å². The van der Waals surface area contributed by atoms with Crippen LogP contribution in [0.3, 0.4) is 0 Å². The Kier molecular flexibility index (Phi) is 0.926. The maximum absolute atomic E-state index is 10.7. The molecule has 1 N–H and O–H groups in total. The van der Waals surface area contributed by atoms with Gasteiger partial charge in [0.05, 0.1) is 25.3 Å². The maximum atomic E-state index is 10.7. The van der Waals surface area contributed by atoms with Crippen LogP contribution in [0.4, 0.5) is 0 Å². The van der Waals surface area contributed by atoms with Crippen LogP contribution in [0, 0.1) is 0 Å². The summed E-state index contributed by atoms with van der Waals surface area (Å²) in [6.45, 7) is 1.99. The number of ether oxygens (including phenoxy) is 1.